The summed E-state index contributed by atoms with van der Waals surface area (Å²) in [5.74, 6) is 0.522. The Bertz CT molecular complexity index is 527. The number of unbranched alkanes of at least 4 members (excludes halogenated alkanes) is 2. The molecule has 1 aromatic heterocycles. The number of pyridine rings is 1. The first-order valence-corrected chi connectivity index (χ1v) is 8.35. The Labute approximate surface area is 132 Å². The number of aromatic nitrogens is 1. The van der Waals surface area contributed by atoms with Crippen molar-refractivity contribution in [2.45, 2.75) is 52.1 Å². The van der Waals surface area contributed by atoms with E-state index in [0.717, 1.165) is 51.1 Å². The van der Waals surface area contributed by atoms with Crippen molar-refractivity contribution in [2.24, 2.45) is 5.92 Å². The summed E-state index contributed by atoms with van der Waals surface area (Å²) in [7, 11) is 0. The highest BCUT2D eigenvalue weighted by Gasteiger charge is 2.18. The van der Waals surface area contributed by atoms with Gasteiger partial charge >= 0.3 is 0 Å². The molecule has 1 aliphatic heterocycles. The monoisotopic (exact) mass is 308 g/mol. The Morgan fingerprint density at radius 3 is 2.86 bits per heavy atom. The highest BCUT2D eigenvalue weighted by atomic mass is 16.3. The van der Waals surface area contributed by atoms with Crippen molar-refractivity contribution in [3.8, 4) is 5.75 Å². The molecular formula is C17H28N2O3. The molecule has 0 aromatic carbocycles. The van der Waals surface area contributed by atoms with Crippen molar-refractivity contribution in [1.82, 2.24) is 9.47 Å². The molecule has 0 radical (unpaired) electrons. The van der Waals surface area contributed by atoms with Gasteiger partial charge in [0.05, 0.1) is 6.20 Å². The molecule has 0 saturated carbocycles. The second-order valence-electron chi connectivity index (χ2n) is 6.47. The van der Waals surface area contributed by atoms with Crippen LogP contribution in [0.1, 0.15) is 44.7 Å². The lowest BCUT2D eigenvalue weighted by Crippen LogP contribution is -2.35. The zero-order chi connectivity index (χ0) is 15.9. The highest BCUT2D eigenvalue weighted by molar-refractivity contribution is 5.20. The van der Waals surface area contributed by atoms with Gasteiger partial charge in [-0.25, -0.2) is 0 Å². The average molecular weight is 308 g/mol. The Kier molecular flexibility index (Phi) is 6.46. The van der Waals surface area contributed by atoms with E-state index in [1.807, 2.05) is 4.57 Å². The maximum atomic E-state index is 11.8. The topological polar surface area (TPSA) is 65.7 Å². The minimum atomic E-state index is -0.299. The summed E-state index contributed by atoms with van der Waals surface area (Å²) >= 11 is 0. The van der Waals surface area contributed by atoms with Crippen LogP contribution in [0, 0.1) is 5.92 Å². The second-order valence-corrected chi connectivity index (χ2v) is 6.47. The van der Waals surface area contributed by atoms with E-state index in [2.05, 4.69) is 11.8 Å². The van der Waals surface area contributed by atoms with Crippen LogP contribution in [0.5, 0.6) is 5.75 Å². The largest absolute Gasteiger partial charge is 0.503 e. The molecule has 1 saturated heterocycles. The smallest absolute Gasteiger partial charge is 0.223 e. The fourth-order valence-electron chi connectivity index (χ4n) is 3.18. The van der Waals surface area contributed by atoms with Gasteiger partial charge in [-0.1, -0.05) is 6.92 Å². The molecule has 0 aliphatic carbocycles. The lowest BCUT2D eigenvalue weighted by molar-refractivity contribution is 0.172. The molecule has 0 amide bonds. The predicted octanol–water partition coefficient (Wildman–Crippen LogP) is 1.95. The fraction of sp³-hybridized carbons (Fsp3) is 0.706. The Balaban J connectivity index is 2.06. The zero-order valence-electron chi connectivity index (χ0n) is 13.5. The third kappa shape index (κ3) is 4.85. The van der Waals surface area contributed by atoms with Crippen LogP contribution >= 0.6 is 0 Å². The maximum Gasteiger partial charge on any atom is 0.223 e. The van der Waals surface area contributed by atoms with Gasteiger partial charge in [0, 0.05) is 38.0 Å². The van der Waals surface area contributed by atoms with Crippen LogP contribution in [-0.4, -0.2) is 39.4 Å². The molecule has 1 fully saturated rings. The van der Waals surface area contributed by atoms with Crippen LogP contribution < -0.4 is 5.43 Å². The number of aliphatic hydroxyl groups excluding tert-OH is 1. The third-order valence-corrected chi connectivity index (χ3v) is 4.38. The molecule has 5 nitrogen and oxygen atoms in total. The van der Waals surface area contributed by atoms with Crippen LogP contribution in [-0.2, 0) is 13.1 Å². The number of aryl methyl sites for hydroxylation is 1. The van der Waals surface area contributed by atoms with Crippen LogP contribution in [0.2, 0.25) is 0 Å². The molecule has 2 heterocycles. The summed E-state index contributed by atoms with van der Waals surface area (Å²) in [4.78, 5) is 14.2. The molecule has 1 unspecified atom stereocenters. The number of piperidine rings is 1. The molecule has 22 heavy (non-hydrogen) atoms. The molecule has 0 bridgehead atoms. The molecule has 1 aromatic rings. The summed E-state index contributed by atoms with van der Waals surface area (Å²) < 4.78 is 1.99. The van der Waals surface area contributed by atoms with Crippen molar-refractivity contribution in [3.63, 3.8) is 0 Å². The first-order chi connectivity index (χ1) is 10.6. The summed E-state index contributed by atoms with van der Waals surface area (Å²) in [6, 6.07) is 1.57. The minimum absolute atomic E-state index is 0.182. The van der Waals surface area contributed by atoms with E-state index >= 15 is 0 Å². The van der Waals surface area contributed by atoms with Crippen LogP contribution in [0.3, 0.4) is 0 Å². The number of aliphatic hydroxyl groups is 1. The van der Waals surface area contributed by atoms with E-state index in [1.54, 1.807) is 12.3 Å². The van der Waals surface area contributed by atoms with Crippen molar-refractivity contribution in [1.29, 1.82) is 0 Å². The molecule has 5 heteroatoms. The molecule has 2 rings (SSSR count). The van der Waals surface area contributed by atoms with Gasteiger partial charge in [0.25, 0.3) is 0 Å². The van der Waals surface area contributed by atoms with Gasteiger partial charge in [-0.05, 0) is 44.6 Å². The van der Waals surface area contributed by atoms with Crippen molar-refractivity contribution >= 4 is 0 Å². The molecule has 1 aliphatic rings. The molecule has 0 spiro atoms. The van der Waals surface area contributed by atoms with Gasteiger partial charge in [0.1, 0.15) is 0 Å². The quantitative estimate of drug-likeness (QED) is 0.756. The Hall–Kier alpha value is -1.33. The molecular weight excluding hydrogens is 280 g/mol. The SMILES string of the molecule is CC1CCCN(Cc2cc(=O)c(O)cn2CCCCCO)C1. The molecule has 124 valence electrons. The van der Waals surface area contributed by atoms with E-state index in [9.17, 15) is 9.90 Å². The first-order valence-electron chi connectivity index (χ1n) is 8.35. The first kappa shape index (κ1) is 17.0. The molecule has 1 atom stereocenters. The maximum absolute atomic E-state index is 11.8. The van der Waals surface area contributed by atoms with E-state index in [1.165, 1.54) is 12.8 Å². The summed E-state index contributed by atoms with van der Waals surface area (Å²) in [5.41, 5.74) is 0.674. The fourth-order valence-corrected chi connectivity index (χ4v) is 3.18. The summed E-state index contributed by atoms with van der Waals surface area (Å²) in [6.07, 6.45) is 6.73. The minimum Gasteiger partial charge on any atom is -0.503 e. The lowest BCUT2D eigenvalue weighted by Gasteiger charge is -2.31. The Morgan fingerprint density at radius 1 is 1.32 bits per heavy atom. The van der Waals surface area contributed by atoms with Crippen molar-refractivity contribution in [3.05, 3.63) is 28.2 Å². The second kappa shape index (κ2) is 8.34. The van der Waals surface area contributed by atoms with Crippen molar-refractivity contribution < 1.29 is 10.2 Å². The van der Waals surface area contributed by atoms with Crippen LogP contribution in [0.4, 0.5) is 0 Å². The number of hydrogen-bond donors (Lipinski definition) is 2. The van der Waals surface area contributed by atoms with Gasteiger partial charge in [-0.3, -0.25) is 9.69 Å². The van der Waals surface area contributed by atoms with Crippen LogP contribution in [0.15, 0.2) is 17.1 Å². The predicted molar refractivity (Wildman–Crippen MR) is 87.0 cm³/mol. The van der Waals surface area contributed by atoms with Gasteiger partial charge in [-0.15, -0.1) is 0 Å². The van der Waals surface area contributed by atoms with E-state index in [-0.39, 0.29) is 17.8 Å². The highest BCUT2D eigenvalue weighted by Crippen LogP contribution is 2.18. The lowest BCUT2D eigenvalue weighted by atomic mass is 10.0. The zero-order valence-corrected chi connectivity index (χ0v) is 13.5. The number of nitrogens with zero attached hydrogens (tertiary/aromatic N) is 2. The van der Waals surface area contributed by atoms with Gasteiger partial charge in [0.2, 0.25) is 5.43 Å². The third-order valence-electron chi connectivity index (χ3n) is 4.38. The van der Waals surface area contributed by atoms with E-state index in [0.29, 0.717) is 5.92 Å². The number of rotatable bonds is 7. The van der Waals surface area contributed by atoms with E-state index in [4.69, 9.17) is 5.11 Å². The number of likely N-dealkylation sites (tertiary alicyclic amines) is 1. The van der Waals surface area contributed by atoms with Gasteiger partial charge in [0.15, 0.2) is 5.75 Å². The van der Waals surface area contributed by atoms with E-state index < -0.39 is 0 Å². The Morgan fingerprint density at radius 2 is 2.14 bits per heavy atom. The summed E-state index contributed by atoms with van der Waals surface area (Å²) in [6.45, 7) is 6.16. The standard InChI is InChI=1S/C17H28N2O3/c1-14-6-5-7-18(11-14)12-15-10-16(21)17(22)13-19(15)8-3-2-4-9-20/h10,13-14,20,22H,2-9,11-12H2,1H3. The average Bonchev–Trinajstić information content (AvgIpc) is 2.48. The molecule has 2 N–H and O–H groups in total. The van der Waals surface area contributed by atoms with Gasteiger partial charge in [-0.2, -0.15) is 0 Å². The van der Waals surface area contributed by atoms with Crippen LogP contribution in [0.25, 0.3) is 0 Å². The summed E-state index contributed by atoms with van der Waals surface area (Å²) in [5, 5.41) is 18.5. The van der Waals surface area contributed by atoms with Gasteiger partial charge < -0.3 is 14.8 Å². The number of hydrogen-bond acceptors (Lipinski definition) is 4. The normalized spacial score (nSPS) is 19.5. The number of aromatic hydroxyl groups is 1. The van der Waals surface area contributed by atoms with Crippen molar-refractivity contribution in [2.75, 3.05) is 19.7 Å².